The monoisotopic (exact) mass is 513 g/mol. The molecule has 2 atom stereocenters. The third-order valence-electron chi connectivity index (χ3n) is 8.39. The van der Waals surface area contributed by atoms with E-state index in [9.17, 15) is 4.79 Å². The number of tetrazole rings is 1. The van der Waals surface area contributed by atoms with Gasteiger partial charge in [-0.2, -0.15) is 5.21 Å². The first-order valence-electron chi connectivity index (χ1n) is 14.2. The Balaban J connectivity index is 1.51. The molecular weight excluding hydrogens is 474 g/mol. The minimum Gasteiger partial charge on any atom is -0.295 e. The Hall–Kier alpha value is -3.55. The van der Waals surface area contributed by atoms with Crippen molar-refractivity contribution in [2.75, 3.05) is 0 Å². The lowest BCUT2D eigenvalue weighted by atomic mass is 9.74. The van der Waals surface area contributed by atoms with Crippen LogP contribution in [-0.4, -0.2) is 34.7 Å². The van der Waals surface area contributed by atoms with Crippen molar-refractivity contribution in [1.82, 2.24) is 34.7 Å². The number of unbranched alkanes of at least 4 members (excludes halogenated alkanes) is 1. The van der Waals surface area contributed by atoms with Crippen molar-refractivity contribution in [2.45, 2.75) is 84.7 Å². The summed E-state index contributed by atoms with van der Waals surface area (Å²) >= 11 is 0. The minimum atomic E-state index is 0.127. The number of rotatable bonds is 10. The Labute approximate surface area is 224 Å². The number of hydrogen-bond acceptors (Lipinski definition) is 5. The van der Waals surface area contributed by atoms with E-state index in [0.29, 0.717) is 30.2 Å². The van der Waals surface area contributed by atoms with Gasteiger partial charge in [0, 0.05) is 35.9 Å². The standard InChI is InChI=1S/C30H39N7O/c1-4-7-11-26-20-37(28-21(5-2)9-8-10-22(28)6-3)30(38)36(26)19-25-18-31-17-16-27(25)23-12-14-24(15-13-23)29-32-34-35-33-29/h12-18,20-22,28H,4-11,19H2,1-3H3,(H,32,33,34,35). The number of imidazole rings is 1. The largest absolute Gasteiger partial charge is 0.328 e. The molecule has 3 heterocycles. The molecule has 1 fully saturated rings. The number of aromatic nitrogens is 7. The Morgan fingerprint density at radius 3 is 2.39 bits per heavy atom. The molecule has 0 amide bonds. The summed E-state index contributed by atoms with van der Waals surface area (Å²) in [6.45, 7) is 7.28. The van der Waals surface area contributed by atoms with Crippen LogP contribution >= 0.6 is 0 Å². The quantitative estimate of drug-likeness (QED) is 0.278. The molecule has 1 saturated carbocycles. The third kappa shape index (κ3) is 5.22. The molecule has 0 aliphatic heterocycles. The van der Waals surface area contributed by atoms with Crippen molar-refractivity contribution in [3.63, 3.8) is 0 Å². The van der Waals surface area contributed by atoms with Crippen molar-refractivity contribution in [2.24, 2.45) is 11.8 Å². The molecule has 1 aliphatic carbocycles. The molecule has 38 heavy (non-hydrogen) atoms. The van der Waals surface area contributed by atoms with Gasteiger partial charge >= 0.3 is 5.69 Å². The van der Waals surface area contributed by atoms with Gasteiger partial charge in [-0.1, -0.05) is 70.7 Å². The van der Waals surface area contributed by atoms with Gasteiger partial charge in [0.05, 0.1) is 6.54 Å². The first-order valence-corrected chi connectivity index (χ1v) is 14.2. The van der Waals surface area contributed by atoms with Gasteiger partial charge in [-0.15, -0.1) is 10.2 Å². The van der Waals surface area contributed by atoms with Gasteiger partial charge in [0.2, 0.25) is 5.82 Å². The molecule has 0 spiro atoms. The molecule has 200 valence electrons. The molecule has 5 rings (SSSR count). The van der Waals surface area contributed by atoms with Crippen LogP contribution in [0.25, 0.3) is 22.5 Å². The Kier molecular flexibility index (Phi) is 8.15. The van der Waals surface area contributed by atoms with Crippen LogP contribution in [0.2, 0.25) is 0 Å². The van der Waals surface area contributed by atoms with Crippen molar-refractivity contribution in [3.8, 4) is 22.5 Å². The summed E-state index contributed by atoms with van der Waals surface area (Å²) in [6, 6.07) is 10.5. The molecule has 1 aliphatic rings. The second kappa shape index (κ2) is 11.9. The highest BCUT2D eigenvalue weighted by molar-refractivity contribution is 5.69. The molecule has 0 bridgehead atoms. The Bertz CT molecular complexity index is 1360. The number of nitrogens with zero attached hydrogens (tertiary/aromatic N) is 6. The van der Waals surface area contributed by atoms with Gasteiger partial charge in [0.25, 0.3) is 0 Å². The molecule has 8 nitrogen and oxygen atoms in total. The number of aryl methyl sites for hydroxylation is 1. The Morgan fingerprint density at radius 2 is 1.74 bits per heavy atom. The van der Waals surface area contributed by atoms with Crippen molar-refractivity contribution in [3.05, 3.63) is 70.7 Å². The van der Waals surface area contributed by atoms with Crippen LogP contribution in [0.15, 0.2) is 53.7 Å². The maximum Gasteiger partial charge on any atom is 0.328 e. The highest BCUT2D eigenvalue weighted by Crippen LogP contribution is 2.41. The molecular formula is C30H39N7O. The van der Waals surface area contributed by atoms with E-state index in [0.717, 1.165) is 60.1 Å². The topological polar surface area (TPSA) is 94.3 Å². The van der Waals surface area contributed by atoms with Crippen molar-refractivity contribution >= 4 is 0 Å². The SMILES string of the molecule is CCCCc1cn(C2C(CC)CCCC2CC)c(=O)n1Cc1cnccc1-c1ccc(-c2nn[nH]n2)cc1. The summed E-state index contributed by atoms with van der Waals surface area (Å²) in [5, 5.41) is 14.3. The molecule has 2 unspecified atom stereocenters. The number of nitrogens with one attached hydrogen (secondary N) is 1. The van der Waals surface area contributed by atoms with E-state index in [1.54, 1.807) is 0 Å². The lowest BCUT2D eigenvalue weighted by Gasteiger charge is -2.38. The van der Waals surface area contributed by atoms with Crippen LogP contribution < -0.4 is 5.69 Å². The van der Waals surface area contributed by atoms with Crippen molar-refractivity contribution < 1.29 is 0 Å². The predicted molar refractivity (Wildman–Crippen MR) is 150 cm³/mol. The number of hydrogen-bond donors (Lipinski definition) is 1. The van der Waals surface area contributed by atoms with E-state index in [1.807, 2.05) is 35.2 Å². The number of aromatic amines is 1. The zero-order chi connectivity index (χ0) is 26.5. The van der Waals surface area contributed by atoms with E-state index < -0.39 is 0 Å². The molecule has 1 N–H and O–H groups in total. The normalized spacial score (nSPS) is 19.6. The van der Waals surface area contributed by atoms with Crippen LogP contribution in [0, 0.1) is 11.8 Å². The fourth-order valence-electron chi connectivity index (χ4n) is 6.29. The molecule has 4 aromatic rings. The third-order valence-corrected chi connectivity index (χ3v) is 8.39. The first-order chi connectivity index (χ1) is 18.6. The maximum atomic E-state index is 14.1. The summed E-state index contributed by atoms with van der Waals surface area (Å²) in [4.78, 5) is 18.5. The zero-order valence-electron chi connectivity index (χ0n) is 22.8. The smallest absolute Gasteiger partial charge is 0.295 e. The van der Waals surface area contributed by atoms with Crippen LogP contribution in [0.4, 0.5) is 0 Å². The van der Waals surface area contributed by atoms with Crippen LogP contribution in [0.5, 0.6) is 0 Å². The van der Waals surface area contributed by atoms with Gasteiger partial charge in [0.1, 0.15) is 0 Å². The Morgan fingerprint density at radius 1 is 1.00 bits per heavy atom. The molecule has 3 aromatic heterocycles. The predicted octanol–water partition coefficient (Wildman–Crippen LogP) is 6.06. The average molecular weight is 514 g/mol. The number of benzene rings is 1. The average Bonchev–Trinajstić information content (AvgIpc) is 3.61. The summed E-state index contributed by atoms with van der Waals surface area (Å²) in [6.07, 6.45) is 14.9. The van der Waals surface area contributed by atoms with Crippen LogP contribution in [-0.2, 0) is 13.0 Å². The summed E-state index contributed by atoms with van der Waals surface area (Å²) in [7, 11) is 0. The van der Waals surface area contributed by atoms with Gasteiger partial charge < -0.3 is 0 Å². The van der Waals surface area contributed by atoms with Gasteiger partial charge in [0.15, 0.2) is 0 Å². The fraction of sp³-hybridized carbons (Fsp3) is 0.500. The second-order valence-electron chi connectivity index (χ2n) is 10.6. The van der Waals surface area contributed by atoms with E-state index in [-0.39, 0.29) is 5.69 Å². The van der Waals surface area contributed by atoms with Crippen LogP contribution in [0.3, 0.4) is 0 Å². The van der Waals surface area contributed by atoms with Crippen molar-refractivity contribution in [1.29, 1.82) is 0 Å². The zero-order valence-corrected chi connectivity index (χ0v) is 22.8. The summed E-state index contributed by atoms with van der Waals surface area (Å²) < 4.78 is 4.13. The van der Waals surface area contributed by atoms with E-state index >= 15 is 0 Å². The van der Waals surface area contributed by atoms with Crippen LogP contribution in [0.1, 0.15) is 83.0 Å². The van der Waals surface area contributed by atoms with E-state index in [4.69, 9.17) is 0 Å². The molecule has 1 aromatic carbocycles. The molecule has 8 heteroatoms. The van der Waals surface area contributed by atoms with Gasteiger partial charge in [-0.25, -0.2) is 4.79 Å². The van der Waals surface area contributed by atoms with E-state index in [1.165, 1.54) is 19.3 Å². The van der Waals surface area contributed by atoms with Gasteiger partial charge in [-0.3, -0.25) is 14.1 Å². The molecule has 0 radical (unpaired) electrons. The highest BCUT2D eigenvalue weighted by atomic mass is 16.1. The lowest BCUT2D eigenvalue weighted by Crippen LogP contribution is -2.37. The highest BCUT2D eigenvalue weighted by Gasteiger charge is 2.34. The van der Waals surface area contributed by atoms with Gasteiger partial charge in [-0.05, 0) is 65.5 Å². The lowest BCUT2D eigenvalue weighted by molar-refractivity contribution is 0.145. The molecule has 0 saturated heterocycles. The summed E-state index contributed by atoms with van der Waals surface area (Å²) in [5.41, 5.74) is 5.35. The minimum absolute atomic E-state index is 0.127. The van der Waals surface area contributed by atoms with E-state index in [2.05, 4.69) is 69.3 Å². The fourth-order valence-corrected chi connectivity index (χ4v) is 6.29. The second-order valence-corrected chi connectivity index (χ2v) is 10.6. The number of pyridine rings is 1. The summed E-state index contributed by atoms with van der Waals surface area (Å²) in [5.74, 6) is 1.69. The maximum absolute atomic E-state index is 14.1. The first kappa shape index (κ1) is 26.1. The number of H-pyrrole nitrogens is 1.